The number of nitrogens with zero attached hydrogens (tertiary/aromatic N) is 2. The third-order valence-corrected chi connectivity index (χ3v) is 3.11. The molecule has 0 bridgehead atoms. The first-order valence-electron chi connectivity index (χ1n) is 6.11. The molecule has 3 heterocycles. The molecule has 1 aliphatic heterocycles. The average molecular weight is 255 g/mol. The van der Waals surface area contributed by atoms with E-state index in [1.165, 1.54) is 0 Å². The van der Waals surface area contributed by atoms with E-state index in [0.717, 1.165) is 28.2 Å². The zero-order chi connectivity index (χ0) is 13.2. The molecule has 1 amide bonds. The summed E-state index contributed by atoms with van der Waals surface area (Å²) >= 11 is 0. The van der Waals surface area contributed by atoms with Gasteiger partial charge in [0.05, 0.1) is 23.7 Å². The van der Waals surface area contributed by atoms with Gasteiger partial charge in [-0.05, 0) is 23.8 Å². The molecule has 0 saturated carbocycles. The fourth-order valence-electron chi connectivity index (χ4n) is 2.13. The molecule has 19 heavy (non-hydrogen) atoms. The van der Waals surface area contributed by atoms with Gasteiger partial charge in [-0.25, -0.2) is 0 Å². The Labute approximate surface area is 110 Å². The highest BCUT2D eigenvalue weighted by Crippen LogP contribution is 2.25. The third kappa shape index (κ3) is 2.32. The smallest absolute Gasteiger partial charge is 0.224 e. The second-order valence-electron chi connectivity index (χ2n) is 4.48. The van der Waals surface area contributed by atoms with E-state index in [-0.39, 0.29) is 12.5 Å². The van der Waals surface area contributed by atoms with E-state index in [9.17, 15) is 4.79 Å². The van der Waals surface area contributed by atoms with Crippen LogP contribution in [0.15, 0.2) is 30.6 Å². The van der Waals surface area contributed by atoms with E-state index < -0.39 is 0 Å². The Bertz CT molecular complexity index is 640. The SMILES string of the molecule is O=C1CCc2nc(-c3cncc(CO)c3)ccc2N1. The quantitative estimate of drug-likeness (QED) is 0.853. The first-order chi connectivity index (χ1) is 9.26. The minimum atomic E-state index is -0.0398. The predicted molar refractivity (Wildman–Crippen MR) is 70.3 cm³/mol. The van der Waals surface area contributed by atoms with Gasteiger partial charge in [0.15, 0.2) is 0 Å². The summed E-state index contributed by atoms with van der Waals surface area (Å²) in [5, 5.41) is 11.9. The summed E-state index contributed by atoms with van der Waals surface area (Å²) < 4.78 is 0. The molecule has 5 nitrogen and oxygen atoms in total. The van der Waals surface area contributed by atoms with Gasteiger partial charge in [0.25, 0.3) is 0 Å². The Hall–Kier alpha value is -2.27. The molecule has 0 radical (unpaired) electrons. The second kappa shape index (κ2) is 4.78. The number of aliphatic hydroxyl groups excluding tert-OH is 1. The summed E-state index contributed by atoms with van der Waals surface area (Å²) in [5.41, 5.74) is 4.10. The number of amides is 1. The maximum atomic E-state index is 11.3. The van der Waals surface area contributed by atoms with Gasteiger partial charge in [-0.3, -0.25) is 14.8 Å². The summed E-state index contributed by atoms with van der Waals surface area (Å²) in [6.45, 7) is -0.0398. The van der Waals surface area contributed by atoms with Gasteiger partial charge < -0.3 is 10.4 Å². The van der Waals surface area contributed by atoms with Gasteiger partial charge in [-0.1, -0.05) is 0 Å². The number of aryl methyl sites for hydroxylation is 1. The van der Waals surface area contributed by atoms with Crippen LogP contribution < -0.4 is 5.32 Å². The van der Waals surface area contributed by atoms with Crippen molar-refractivity contribution in [2.24, 2.45) is 0 Å². The van der Waals surface area contributed by atoms with Crippen LogP contribution in [0, 0.1) is 0 Å². The minimum Gasteiger partial charge on any atom is -0.392 e. The Morgan fingerprint density at radius 3 is 3.00 bits per heavy atom. The molecule has 0 atom stereocenters. The van der Waals surface area contributed by atoms with Crippen LogP contribution in [0.3, 0.4) is 0 Å². The van der Waals surface area contributed by atoms with E-state index in [4.69, 9.17) is 5.11 Å². The number of carbonyl (C=O) groups excluding carboxylic acids is 1. The van der Waals surface area contributed by atoms with Crippen molar-refractivity contribution >= 4 is 11.6 Å². The highest BCUT2D eigenvalue weighted by Gasteiger charge is 2.16. The van der Waals surface area contributed by atoms with Crippen molar-refractivity contribution in [3.05, 3.63) is 41.9 Å². The van der Waals surface area contributed by atoms with Crippen LogP contribution in [-0.4, -0.2) is 21.0 Å². The van der Waals surface area contributed by atoms with Crippen LogP contribution in [0.4, 0.5) is 5.69 Å². The highest BCUT2D eigenvalue weighted by atomic mass is 16.3. The first kappa shape index (κ1) is 11.8. The van der Waals surface area contributed by atoms with Crippen LogP contribution in [-0.2, 0) is 17.8 Å². The number of fused-ring (bicyclic) bond motifs is 1. The van der Waals surface area contributed by atoms with Crippen molar-refractivity contribution in [2.45, 2.75) is 19.4 Å². The van der Waals surface area contributed by atoms with E-state index in [1.54, 1.807) is 12.4 Å². The van der Waals surface area contributed by atoms with Crippen molar-refractivity contribution in [1.29, 1.82) is 0 Å². The summed E-state index contributed by atoms with van der Waals surface area (Å²) in [5.74, 6) is 0.0333. The van der Waals surface area contributed by atoms with Gasteiger partial charge in [-0.15, -0.1) is 0 Å². The van der Waals surface area contributed by atoms with Gasteiger partial charge in [0.2, 0.25) is 5.91 Å². The second-order valence-corrected chi connectivity index (χ2v) is 4.48. The van der Waals surface area contributed by atoms with E-state index >= 15 is 0 Å². The summed E-state index contributed by atoms with van der Waals surface area (Å²) in [7, 11) is 0. The van der Waals surface area contributed by atoms with Crippen LogP contribution in [0.25, 0.3) is 11.3 Å². The molecule has 3 rings (SSSR count). The lowest BCUT2D eigenvalue weighted by molar-refractivity contribution is -0.116. The molecule has 1 aliphatic rings. The molecule has 0 spiro atoms. The molecular formula is C14H13N3O2. The van der Waals surface area contributed by atoms with Crippen molar-refractivity contribution in [1.82, 2.24) is 9.97 Å². The van der Waals surface area contributed by atoms with Crippen molar-refractivity contribution in [3.8, 4) is 11.3 Å². The largest absolute Gasteiger partial charge is 0.392 e. The van der Waals surface area contributed by atoms with Crippen LogP contribution >= 0.6 is 0 Å². The third-order valence-electron chi connectivity index (χ3n) is 3.11. The van der Waals surface area contributed by atoms with Gasteiger partial charge >= 0.3 is 0 Å². The summed E-state index contributed by atoms with van der Waals surface area (Å²) in [6, 6.07) is 5.58. The van der Waals surface area contributed by atoms with Gasteiger partial charge in [-0.2, -0.15) is 0 Å². The number of anilines is 1. The monoisotopic (exact) mass is 255 g/mol. The zero-order valence-corrected chi connectivity index (χ0v) is 10.3. The zero-order valence-electron chi connectivity index (χ0n) is 10.3. The summed E-state index contributed by atoms with van der Waals surface area (Å²) in [4.78, 5) is 19.9. The number of nitrogens with one attached hydrogen (secondary N) is 1. The number of aromatic nitrogens is 2. The number of rotatable bonds is 2. The standard InChI is InChI=1S/C14H13N3O2/c18-8-9-5-10(7-15-6-9)11-1-2-13-12(16-11)3-4-14(19)17-13/h1-2,5-7,18H,3-4,8H2,(H,17,19). The fraction of sp³-hybridized carbons (Fsp3) is 0.214. The lowest BCUT2D eigenvalue weighted by atomic mass is 10.1. The number of pyridine rings is 2. The Morgan fingerprint density at radius 1 is 1.26 bits per heavy atom. The summed E-state index contributed by atoms with van der Waals surface area (Å²) in [6.07, 6.45) is 4.47. The molecule has 0 unspecified atom stereocenters. The number of aliphatic hydroxyl groups is 1. The number of hydrogen-bond acceptors (Lipinski definition) is 4. The van der Waals surface area contributed by atoms with E-state index in [2.05, 4.69) is 15.3 Å². The topological polar surface area (TPSA) is 75.1 Å². The molecule has 0 aromatic carbocycles. The molecule has 2 N–H and O–H groups in total. The highest BCUT2D eigenvalue weighted by molar-refractivity contribution is 5.93. The number of hydrogen-bond donors (Lipinski definition) is 2. The van der Waals surface area contributed by atoms with E-state index in [0.29, 0.717) is 12.8 Å². The average Bonchev–Trinajstić information content (AvgIpc) is 2.46. The lowest BCUT2D eigenvalue weighted by Crippen LogP contribution is -2.19. The van der Waals surface area contributed by atoms with Crippen molar-refractivity contribution in [2.75, 3.05) is 5.32 Å². The molecule has 2 aromatic rings. The van der Waals surface area contributed by atoms with Gasteiger partial charge in [0, 0.05) is 30.8 Å². The molecule has 2 aromatic heterocycles. The molecule has 0 saturated heterocycles. The minimum absolute atomic E-state index is 0.0333. The maximum absolute atomic E-state index is 11.3. The van der Waals surface area contributed by atoms with E-state index in [1.807, 2.05) is 18.2 Å². The van der Waals surface area contributed by atoms with Crippen molar-refractivity contribution in [3.63, 3.8) is 0 Å². The molecule has 0 fully saturated rings. The van der Waals surface area contributed by atoms with Crippen LogP contribution in [0.2, 0.25) is 0 Å². The molecule has 5 heteroatoms. The number of carbonyl (C=O) groups is 1. The fourth-order valence-corrected chi connectivity index (χ4v) is 2.13. The van der Waals surface area contributed by atoms with Crippen LogP contribution in [0.1, 0.15) is 17.7 Å². The normalized spacial score (nSPS) is 13.8. The van der Waals surface area contributed by atoms with Crippen LogP contribution in [0.5, 0.6) is 0 Å². The molecule has 0 aliphatic carbocycles. The lowest BCUT2D eigenvalue weighted by Gasteiger charge is -2.16. The Balaban J connectivity index is 1.99. The van der Waals surface area contributed by atoms with Crippen molar-refractivity contribution < 1.29 is 9.90 Å². The first-order valence-corrected chi connectivity index (χ1v) is 6.11. The Kier molecular flexibility index (Phi) is 2.97. The molecular weight excluding hydrogens is 242 g/mol. The maximum Gasteiger partial charge on any atom is 0.224 e. The Morgan fingerprint density at radius 2 is 2.16 bits per heavy atom. The molecule has 96 valence electrons. The predicted octanol–water partition coefficient (Wildman–Crippen LogP) is 1.52. The van der Waals surface area contributed by atoms with Gasteiger partial charge in [0.1, 0.15) is 0 Å².